The highest BCUT2D eigenvalue weighted by molar-refractivity contribution is 7.90. The van der Waals surface area contributed by atoms with Gasteiger partial charge in [-0.15, -0.1) is 11.3 Å². The number of carbonyl (C=O) groups is 2. The minimum atomic E-state index is -4.62. The third-order valence-corrected chi connectivity index (χ3v) is 7.45. The molecule has 0 aliphatic carbocycles. The summed E-state index contributed by atoms with van der Waals surface area (Å²) in [5.74, 6) is -5.65. The molecule has 1 aromatic heterocycles. The number of hydrogen-bond donors (Lipinski definition) is 1. The van der Waals surface area contributed by atoms with Gasteiger partial charge in [0.1, 0.15) is 22.5 Å². The molecule has 2 amide bonds. The van der Waals surface area contributed by atoms with Gasteiger partial charge in [-0.1, -0.05) is 0 Å². The van der Waals surface area contributed by atoms with E-state index in [2.05, 4.69) is 10.3 Å². The lowest BCUT2D eigenvalue weighted by Crippen LogP contribution is -2.43. The van der Waals surface area contributed by atoms with Crippen molar-refractivity contribution in [2.45, 2.75) is 35.2 Å². The molecule has 0 bridgehead atoms. The summed E-state index contributed by atoms with van der Waals surface area (Å²) in [6.07, 6.45) is -5.42. The lowest BCUT2D eigenvalue weighted by Gasteiger charge is -2.19. The van der Waals surface area contributed by atoms with Crippen molar-refractivity contribution in [3.63, 3.8) is 0 Å². The number of hydrogen-bond acceptors (Lipinski definition) is 7. The first kappa shape index (κ1) is 25.5. The van der Waals surface area contributed by atoms with E-state index >= 15 is 0 Å². The van der Waals surface area contributed by atoms with Gasteiger partial charge in [-0.2, -0.15) is 18.4 Å². The van der Waals surface area contributed by atoms with Gasteiger partial charge in [-0.05, 0) is 24.3 Å². The number of halogens is 5. The van der Waals surface area contributed by atoms with Crippen LogP contribution in [0.25, 0.3) is 0 Å². The molecular weight excluding hydrogens is 507 g/mol. The predicted octanol–water partition coefficient (Wildman–Crippen LogP) is 2.63. The van der Waals surface area contributed by atoms with Crippen LogP contribution in [0.2, 0.25) is 0 Å². The average molecular weight is 522 g/mol. The highest BCUT2D eigenvalue weighted by Gasteiger charge is 2.47. The molecule has 1 atom stereocenters. The van der Waals surface area contributed by atoms with Gasteiger partial charge in [-0.25, -0.2) is 22.2 Å². The van der Waals surface area contributed by atoms with Crippen LogP contribution in [0.15, 0.2) is 34.5 Å². The number of alkyl halides is 5. The number of thiazole rings is 1. The molecule has 2 aromatic rings. The first-order valence-corrected chi connectivity index (χ1v) is 11.9. The Hall–Kier alpha value is -3.12. The van der Waals surface area contributed by atoms with Crippen molar-refractivity contribution in [3.8, 4) is 6.07 Å². The van der Waals surface area contributed by atoms with Crippen LogP contribution in [0.3, 0.4) is 0 Å². The van der Waals surface area contributed by atoms with Crippen LogP contribution in [0.5, 0.6) is 0 Å². The summed E-state index contributed by atoms with van der Waals surface area (Å²) in [6.45, 7) is -1.62. The maximum Gasteiger partial charge on any atom is 0.416 e. The molecule has 2 heterocycles. The van der Waals surface area contributed by atoms with Gasteiger partial charge in [0, 0.05) is 11.8 Å². The number of aromatic nitrogens is 1. The minimum Gasteiger partial charge on any atom is -0.342 e. The molecule has 0 spiro atoms. The van der Waals surface area contributed by atoms with Gasteiger partial charge in [0.25, 0.3) is 11.8 Å². The zero-order valence-electron chi connectivity index (χ0n) is 17.0. The largest absolute Gasteiger partial charge is 0.416 e. The smallest absolute Gasteiger partial charge is 0.342 e. The monoisotopic (exact) mass is 522 g/mol. The molecule has 1 N–H and O–H groups in total. The topological polar surface area (TPSA) is 120 Å². The van der Waals surface area contributed by atoms with Crippen molar-refractivity contribution in [3.05, 3.63) is 45.9 Å². The maximum atomic E-state index is 13.4. The SMILES string of the molecule is N#C[C@@H]1CC(F)(F)CN1C(=O)CNC(=O)c1csc(CS(=O)(=O)c2ccc(C(F)(F)F)cc2)n1. The Morgan fingerprint density at radius 2 is 1.91 bits per heavy atom. The fourth-order valence-electron chi connectivity index (χ4n) is 3.12. The molecule has 0 saturated carbocycles. The second-order valence-electron chi connectivity index (χ2n) is 7.32. The third-order valence-electron chi connectivity index (χ3n) is 4.78. The second-order valence-corrected chi connectivity index (χ2v) is 10.2. The van der Waals surface area contributed by atoms with Gasteiger partial charge < -0.3 is 10.2 Å². The highest BCUT2D eigenvalue weighted by atomic mass is 32.2. The van der Waals surface area contributed by atoms with E-state index in [1.807, 2.05) is 0 Å². The van der Waals surface area contributed by atoms with Crippen LogP contribution in [0.1, 0.15) is 27.5 Å². The number of carbonyl (C=O) groups excluding carboxylic acids is 2. The molecule has 182 valence electrons. The molecule has 1 saturated heterocycles. The summed E-state index contributed by atoms with van der Waals surface area (Å²) in [5.41, 5.74) is -1.24. The first-order valence-electron chi connectivity index (χ1n) is 9.41. The normalized spacial score (nSPS) is 17.9. The standard InChI is InChI=1S/C19H15F5N4O4S2/c20-18(21)5-12(6-25)28(10-18)16(29)7-26-17(30)14-8-33-15(27-14)9-34(31,32)13-3-1-11(2-4-13)19(22,23)24/h1-4,8,12H,5,7,9-10H2,(H,26,30)/t12-/m0/s1. The van der Waals surface area contributed by atoms with Gasteiger partial charge in [0.15, 0.2) is 9.84 Å². The second kappa shape index (κ2) is 9.26. The Morgan fingerprint density at radius 3 is 2.50 bits per heavy atom. The van der Waals surface area contributed by atoms with Crippen molar-refractivity contribution in [1.82, 2.24) is 15.2 Å². The van der Waals surface area contributed by atoms with Crippen molar-refractivity contribution in [1.29, 1.82) is 5.26 Å². The molecule has 1 aliphatic heterocycles. The Kier molecular flexibility index (Phi) is 6.94. The summed E-state index contributed by atoms with van der Waals surface area (Å²) >= 11 is 0.801. The van der Waals surface area contributed by atoms with E-state index in [-0.39, 0.29) is 15.6 Å². The van der Waals surface area contributed by atoms with Gasteiger partial charge >= 0.3 is 6.18 Å². The van der Waals surface area contributed by atoms with E-state index in [4.69, 9.17) is 5.26 Å². The number of benzene rings is 1. The number of rotatable bonds is 6. The quantitative estimate of drug-likeness (QED) is 0.583. The van der Waals surface area contributed by atoms with E-state index in [1.54, 1.807) is 6.07 Å². The molecule has 15 heteroatoms. The lowest BCUT2D eigenvalue weighted by atomic mass is 10.2. The van der Waals surface area contributed by atoms with Crippen molar-refractivity contribution in [2.75, 3.05) is 13.1 Å². The number of likely N-dealkylation sites (tertiary alicyclic amines) is 1. The number of sulfone groups is 1. The summed E-state index contributed by atoms with van der Waals surface area (Å²) in [6, 6.07) is 3.20. The molecule has 1 aliphatic rings. The summed E-state index contributed by atoms with van der Waals surface area (Å²) in [5, 5.41) is 12.3. The van der Waals surface area contributed by atoms with Crippen molar-refractivity contribution < 1.29 is 40.0 Å². The van der Waals surface area contributed by atoms with Crippen LogP contribution >= 0.6 is 11.3 Å². The zero-order valence-corrected chi connectivity index (χ0v) is 18.6. The molecule has 0 unspecified atom stereocenters. The van der Waals surface area contributed by atoms with Crippen molar-refractivity contribution >= 4 is 33.0 Å². The predicted molar refractivity (Wildman–Crippen MR) is 107 cm³/mol. The minimum absolute atomic E-state index is 0.0277. The first-order chi connectivity index (χ1) is 15.7. The molecule has 0 radical (unpaired) electrons. The molecule has 1 fully saturated rings. The van der Waals surface area contributed by atoms with Gasteiger partial charge in [0.05, 0.1) is 29.6 Å². The number of nitrogens with zero attached hydrogens (tertiary/aromatic N) is 3. The number of amides is 2. The number of nitriles is 1. The third kappa shape index (κ3) is 5.86. The Labute approximate surface area is 193 Å². The maximum absolute atomic E-state index is 13.4. The Bertz CT molecular complexity index is 1240. The Balaban J connectivity index is 1.61. The van der Waals surface area contributed by atoms with Crippen LogP contribution in [-0.4, -0.2) is 55.2 Å². The van der Waals surface area contributed by atoms with Crippen LogP contribution in [0, 0.1) is 11.3 Å². The van der Waals surface area contributed by atoms with Gasteiger partial charge in [0.2, 0.25) is 5.91 Å². The summed E-state index contributed by atoms with van der Waals surface area (Å²) in [4.78, 5) is 28.5. The molecule has 3 rings (SSSR count). The van der Waals surface area contributed by atoms with E-state index in [9.17, 15) is 40.0 Å². The van der Waals surface area contributed by atoms with E-state index in [0.717, 1.165) is 23.5 Å². The van der Waals surface area contributed by atoms with Crippen LogP contribution in [-0.2, 0) is 26.6 Å². The van der Waals surface area contributed by atoms with Crippen molar-refractivity contribution in [2.24, 2.45) is 0 Å². The number of nitrogens with one attached hydrogen (secondary N) is 1. The summed E-state index contributed by atoms with van der Waals surface area (Å²) < 4.78 is 89.8. The fourth-order valence-corrected chi connectivity index (χ4v) is 5.52. The zero-order chi connectivity index (χ0) is 25.3. The summed E-state index contributed by atoms with van der Waals surface area (Å²) in [7, 11) is -4.06. The van der Waals surface area contributed by atoms with Crippen LogP contribution < -0.4 is 5.32 Å². The van der Waals surface area contributed by atoms with E-state index in [1.165, 1.54) is 5.38 Å². The molecule has 34 heavy (non-hydrogen) atoms. The fraction of sp³-hybridized carbons (Fsp3) is 0.368. The van der Waals surface area contributed by atoms with E-state index in [0.29, 0.717) is 17.0 Å². The van der Waals surface area contributed by atoms with Crippen LogP contribution in [0.4, 0.5) is 22.0 Å². The molecule has 1 aromatic carbocycles. The average Bonchev–Trinajstić information content (AvgIpc) is 3.34. The highest BCUT2D eigenvalue weighted by Crippen LogP contribution is 2.32. The van der Waals surface area contributed by atoms with E-state index < -0.39 is 70.6 Å². The lowest BCUT2D eigenvalue weighted by molar-refractivity contribution is -0.137. The Morgan fingerprint density at radius 1 is 1.26 bits per heavy atom. The van der Waals surface area contributed by atoms with Gasteiger partial charge in [-0.3, -0.25) is 9.59 Å². The molecular formula is C19H15F5N4O4S2. The molecule has 8 nitrogen and oxygen atoms in total.